The Kier molecular flexibility index (Phi) is 8.91. The molecule has 1 aliphatic heterocycles. The maximum atomic E-state index is 8.91. The smallest absolute Gasteiger partial charge is 0.194 e. The van der Waals surface area contributed by atoms with Gasteiger partial charge in [-0.3, -0.25) is 0 Å². The fraction of sp³-hybridized carbons (Fsp3) is 0.632. The van der Waals surface area contributed by atoms with Crippen molar-refractivity contribution in [1.82, 2.24) is 10.2 Å². The lowest BCUT2D eigenvalue weighted by molar-refractivity contribution is 0.196. The summed E-state index contributed by atoms with van der Waals surface area (Å²) in [4.78, 5) is 7.19. The Morgan fingerprint density at radius 1 is 1.38 bits per heavy atom. The first-order valence-corrected chi connectivity index (χ1v) is 10.3. The largest absolute Gasteiger partial charge is 0.493 e. The van der Waals surface area contributed by atoms with E-state index in [1.807, 2.05) is 18.2 Å². The molecule has 1 fully saturated rings. The monoisotopic (exact) mass is 381 g/mol. The molecule has 7 heteroatoms. The van der Waals surface area contributed by atoms with E-state index < -0.39 is 0 Å². The Hall–Kier alpha value is -1.60. The molecule has 0 radical (unpaired) electrons. The lowest BCUT2D eigenvalue weighted by atomic mass is 10.2. The maximum Gasteiger partial charge on any atom is 0.194 e. The number of benzene rings is 1. The highest BCUT2D eigenvalue weighted by Gasteiger charge is 2.21. The van der Waals surface area contributed by atoms with Crippen molar-refractivity contribution in [2.45, 2.75) is 32.1 Å². The molecule has 2 N–H and O–H groups in total. The first-order chi connectivity index (χ1) is 12.7. The molecular weight excluding hydrogens is 350 g/mol. The van der Waals surface area contributed by atoms with Crippen molar-refractivity contribution >= 4 is 17.7 Å². The molecule has 0 aliphatic carbocycles. The lowest BCUT2D eigenvalue weighted by Crippen LogP contribution is -2.48. The Balaban J connectivity index is 2.08. The molecule has 0 spiro atoms. The SMILES string of the molecule is CCNC(=NCc1ccc(OCCO)c(OC)c1)N1CCSC(CC)C1. The summed E-state index contributed by atoms with van der Waals surface area (Å²) < 4.78 is 10.9. The molecule has 1 saturated heterocycles. The number of hydrogen-bond acceptors (Lipinski definition) is 5. The number of guanidine groups is 1. The van der Waals surface area contributed by atoms with Crippen LogP contribution in [0.1, 0.15) is 25.8 Å². The molecule has 0 amide bonds. The van der Waals surface area contributed by atoms with Crippen LogP contribution in [0, 0.1) is 0 Å². The Bertz CT molecular complexity index is 583. The molecule has 26 heavy (non-hydrogen) atoms. The summed E-state index contributed by atoms with van der Waals surface area (Å²) in [6.07, 6.45) is 1.19. The molecular formula is C19H31N3O3S. The van der Waals surface area contributed by atoms with Crippen LogP contribution in [0.5, 0.6) is 11.5 Å². The predicted molar refractivity (Wildman–Crippen MR) is 109 cm³/mol. The summed E-state index contributed by atoms with van der Waals surface area (Å²) in [5.74, 6) is 3.43. The summed E-state index contributed by atoms with van der Waals surface area (Å²) in [5, 5.41) is 13.0. The second-order valence-corrected chi connectivity index (χ2v) is 7.48. The molecule has 0 saturated carbocycles. The van der Waals surface area contributed by atoms with Crippen molar-refractivity contribution in [2.75, 3.05) is 45.7 Å². The summed E-state index contributed by atoms with van der Waals surface area (Å²) in [6, 6.07) is 5.81. The first-order valence-electron chi connectivity index (χ1n) is 9.27. The van der Waals surface area contributed by atoms with E-state index in [-0.39, 0.29) is 13.2 Å². The fourth-order valence-electron chi connectivity index (χ4n) is 2.84. The van der Waals surface area contributed by atoms with Crippen LogP contribution in [0.15, 0.2) is 23.2 Å². The number of ether oxygens (including phenoxy) is 2. The van der Waals surface area contributed by atoms with E-state index in [2.05, 4.69) is 35.8 Å². The van der Waals surface area contributed by atoms with E-state index in [1.165, 1.54) is 6.42 Å². The quantitative estimate of drug-likeness (QED) is 0.532. The van der Waals surface area contributed by atoms with Gasteiger partial charge in [0.25, 0.3) is 0 Å². The average Bonchev–Trinajstić information content (AvgIpc) is 2.69. The number of nitrogens with zero attached hydrogens (tertiary/aromatic N) is 2. The third-order valence-corrected chi connectivity index (χ3v) is 5.59. The van der Waals surface area contributed by atoms with Crippen LogP contribution in [-0.2, 0) is 6.54 Å². The number of aliphatic imine (C=N–C) groups is 1. The molecule has 1 aliphatic rings. The van der Waals surface area contributed by atoms with E-state index in [9.17, 15) is 0 Å². The molecule has 0 aromatic heterocycles. The van der Waals surface area contributed by atoms with Crippen molar-refractivity contribution in [1.29, 1.82) is 0 Å². The molecule has 6 nitrogen and oxygen atoms in total. The summed E-state index contributed by atoms with van der Waals surface area (Å²) in [6.45, 7) is 8.10. The van der Waals surface area contributed by atoms with Crippen molar-refractivity contribution in [2.24, 2.45) is 4.99 Å². The minimum absolute atomic E-state index is 0.0197. The first kappa shape index (κ1) is 20.7. The van der Waals surface area contributed by atoms with Gasteiger partial charge in [-0.2, -0.15) is 11.8 Å². The molecule has 1 heterocycles. The highest BCUT2D eigenvalue weighted by molar-refractivity contribution is 8.00. The van der Waals surface area contributed by atoms with Crippen molar-refractivity contribution in [3.8, 4) is 11.5 Å². The van der Waals surface area contributed by atoms with Crippen molar-refractivity contribution < 1.29 is 14.6 Å². The Labute approximate surface area is 161 Å². The Morgan fingerprint density at radius 3 is 2.92 bits per heavy atom. The van der Waals surface area contributed by atoms with Crippen LogP contribution < -0.4 is 14.8 Å². The topological polar surface area (TPSA) is 66.3 Å². The van der Waals surface area contributed by atoms with E-state index in [0.29, 0.717) is 23.3 Å². The van der Waals surface area contributed by atoms with Crippen molar-refractivity contribution in [3.63, 3.8) is 0 Å². The highest BCUT2D eigenvalue weighted by atomic mass is 32.2. The number of nitrogens with one attached hydrogen (secondary N) is 1. The van der Waals surface area contributed by atoms with Crippen LogP contribution in [0.2, 0.25) is 0 Å². The van der Waals surface area contributed by atoms with Gasteiger partial charge in [-0.25, -0.2) is 4.99 Å². The summed E-state index contributed by atoms with van der Waals surface area (Å²) in [7, 11) is 1.62. The standard InChI is InChI=1S/C19H31N3O3S/c1-4-16-14-22(8-11-26-16)19(20-5-2)21-13-15-6-7-17(25-10-9-23)18(12-15)24-3/h6-7,12,16,23H,4-5,8-11,13-14H2,1-3H3,(H,20,21). The van der Waals surface area contributed by atoms with Crippen LogP contribution in [-0.4, -0.2) is 66.9 Å². The van der Waals surface area contributed by atoms with Gasteiger partial charge in [-0.05, 0) is 31.0 Å². The van der Waals surface area contributed by atoms with Gasteiger partial charge in [0.05, 0.1) is 20.3 Å². The summed E-state index contributed by atoms with van der Waals surface area (Å²) in [5.41, 5.74) is 1.06. The van der Waals surface area contributed by atoms with Crippen LogP contribution in [0.4, 0.5) is 0 Å². The molecule has 1 atom stereocenters. The fourth-order valence-corrected chi connectivity index (χ4v) is 4.02. The predicted octanol–water partition coefficient (Wildman–Crippen LogP) is 2.36. The number of aliphatic hydroxyl groups is 1. The van der Waals surface area contributed by atoms with Crippen LogP contribution in [0.25, 0.3) is 0 Å². The van der Waals surface area contributed by atoms with Crippen LogP contribution in [0.3, 0.4) is 0 Å². The third kappa shape index (κ3) is 5.99. The number of aliphatic hydroxyl groups excluding tert-OH is 1. The zero-order valence-corrected chi connectivity index (χ0v) is 16.8. The molecule has 1 aromatic rings. The molecule has 146 valence electrons. The number of thioether (sulfide) groups is 1. The maximum absolute atomic E-state index is 8.91. The zero-order chi connectivity index (χ0) is 18.8. The second-order valence-electron chi connectivity index (χ2n) is 6.07. The van der Waals surface area contributed by atoms with E-state index in [4.69, 9.17) is 19.6 Å². The molecule has 0 bridgehead atoms. The van der Waals surface area contributed by atoms with E-state index in [1.54, 1.807) is 7.11 Å². The van der Waals surface area contributed by atoms with Gasteiger partial charge in [0.2, 0.25) is 0 Å². The second kappa shape index (κ2) is 11.2. The van der Waals surface area contributed by atoms with E-state index in [0.717, 1.165) is 36.9 Å². The van der Waals surface area contributed by atoms with Gasteiger partial charge in [0.15, 0.2) is 17.5 Å². The number of rotatable bonds is 8. The third-order valence-electron chi connectivity index (χ3n) is 4.22. The minimum atomic E-state index is -0.0197. The summed E-state index contributed by atoms with van der Waals surface area (Å²) >= 11 is 2.06. The van der Waals surface area contributed by atoms with Gasteiger partial charge >= 0.3 is 0 Å². The van der Waals surface area contributed by atoms with Gasteiger partial charge in [0.1, 0.15) is 6.61 Å². The van der Waals surface area contributed by atoms with Crippen molar-refractivity contribution in [3.05, 3.63) is 23.8 Å². The number of methoxy groups -OCH3 is 1. The molecule has 2 rings (SSSR count). The number of hydrogen-bond donors (Lipinski definition) is 2. The normalized spacial score (nSPS) is 17.9. The van der Waals surface area contributed by atoms with E-state index >= 15 is 0 Å². The van der Waals surface area contributed by atoms with Gasteiger partial charge in [-0.1, -0.05) is 13.0 Å². The van der Waals surface area contributed by atoms with Gasteiger partial charge in [-0.15, -0.1) is 0 Å². The van der Waals surface area contributed by atoms with Gasteiger partial charge < -0.3 is 24.8 Å². The molecule has 1 unspecified atom stereocenters. The van der Waals surface area contributed by atoms with Crippen LogP contribution >= 0.6 is 11.8 Å². The minimum Gasteiger partial charge on any atom is -0.493 e. The molecule has 1 aromatic carbocycles. The lowest BCUT2D eigenvalue weighted by Gasteiger charge is -2.34. The highest BCUT2D eigenvalue weighted by Crippen LogP contribution is 2.28. The zero-order valence-electron chi connectivity index (χ0n) is 16.0. The van der Waals surface area contributed by atoms with Gasteiger partial charge in [0, 0.05) is 30.6 Å². The average molecular weight is 382 g/mol. The Morgan fingerprint density at radius 2 is 2.23 bits per heavy atom.